The summed E-state index contributed by atoms with van der Waals surface area (Å²) in [5.74, 6) is 0. The summed E-state index contributed by atoms with van der Waals surface area (Å²) in [7, 11) is 209. The van der Waals surface area contributed by atoms with Gasteiger partial charge in [0.15, 0.2) is 7.28 Å². The quantitative estimate of drug-likeness (QED) is 0.122. The van der Waals surface area contributed by atoms with Crippen LogP contribution in [0.25, 0.3) is 98.4 Å². The number of hydrogen-bond donors (Lipinski definition) is 0. The first-order valence-corrected chi connectivity index (χ1v) is 24.0. The second kappa shape index (κ2) is 19.5. The molecule has 0 saturated carbocycles. The van der Waals surface area contributed by atoms with E-state index in [1.165, 1.54) is 0 Å². The Bertz CT molecular complexity index is 4690. The second-order valence-corrected chi connectivity index (χ2v) is 20.1. The van der Waals surface area contributed by atoms with Crippen molar-refractivity contribution in [2.24, 2.45) is 0 Å². The summed E-state index contributed by atoms with van der Waals surface area (Å²) in [5, 5.41) is 0.244. The Morgan fingerprint density at radius 3 is 0.654 bits per heavy atom. The summed E-state index contributed by atoms with van der Waals surface area (Å²) in [4.78, 5) is 0. The van der Waals surface area contributed by atoms with Gasteiger partial charge >= 0.3 is 0 Å². The topological polar surface area (TPSA) is 0 Å². The van der Waals surface area contributed by atoms with Crippen molar-refractivity contribution in [1.29, 1.82) is 0 Å². The van der Waals surface area contributed by atoms with Crippen LogP contribution in [-0.2, 0) is 0 Å². The molecular weight excluding hydrogens is 936 g/mol. The minimum Gasteiger partial charge on any atom is -0.110 e. The smallest absolute Gasteiger partial charge is 0.110 e. The van der Waals surface area contributed by atoms with Gasteiger partial charge in [-0.1, -0.05) is 109 Å². The van der Waals surface area contributed by atoms with Crippen LogP contribution in [0.4, 0.5) is 0 Å². The first-order chi connectivity index (χ1) is 37.8. The minimum atomic E-state index is -0.292. The average molecular weight is 936 g/mol. The van der Waals surface area contributed by atoms with E-state index >= 15 is 0 Å². The van der Waals surface area contributed by atoms with Gasteiger partial charge < -0.3 is 0 Å². The van der Waals surface area contributed by atoms with Crippen molar-refractivity contribution in [3.63, 3.8) is 0 Å². The van der Waals surface area contributed by atoms with Crippen molar-refractivity contribution >= 4 is 471 Å². The molecule has 0 aliphatic carbocycles. The van der Waals surface area contributed by atoms with E-state index in [1.54, 1.807) is 7.28 Å². The highest BCUT2D eigenvalue weighted by Gasteiger charge is 2.36. The molecule has 61 radical (unpaired) electrons. The van der Waals surface area contributed by atoms with Crippen LogP contribution in [0.5, 0.6) is 0 Å². The van der Waals surface area contributed by atoms with E-state index in [9.17, 15) is 0 Å². The molecule has 1 heterocycles. The zero-order valence-corrected chi connectivity index (χ0v) is 42.9. The lowest BCUT2D eigenvalue weighted by Crippen LogP contribution is -2.53. The Labute approximate surface area is 512 Å². The Morgan fingerprint density at radius 1 is 0.111 bits per heavy atom. The fourth-order valence-corrected chi connectivity index (χ4v) is 12.0. The van der Waals surface area contributed by atoms with E-state index in [2.05, 4.69) is 0 Å². The zero-order chi connectivity index (χ0) is 59.6. The van der Waals surface area contributed by atoms with Crippen LogP contribution < -0.4 is 175 Å². The summed E-state index contributed by atoms with van der Waals surface area (Å²) < 4.78 is 0. The molecule has 293 valence electrons. The zero-order valence-electron chi connectivity index (χ0n) is 42.9. The van der Waals surface area contributed by atoms with Crippen molar-refractivity contribution in [3.8, 4) is 44.5 Å². The van der Waals surface area contributed by atoms with Gasteiger partial charge in [-0.05, 0) is 98.4 Å². The minimum absolute atomic E-state index is 0.00377. The van der Waals surface area contributed by atoms with Crippen molar-refractivity contribution < 1.29 is 0 Å². The molecular formula is C50B31. The molecule has 81 heavy (non-hydrogen) atoms. The molecule has 11 rings (SSSR count). The van der Waals surface area contributed by atoms with Crippen LogP contribution in [-0.4, -0.2) is 243 Å². The van der Waals surface area contributed by atoms with Gasteiger partial charge in [-0.2, -0.15) is 0 Å². The predicted molar refractivity (Wildman–Crippen MR) is 382 cm³/mol. The fraction of sp³-hybridized carbons (Fsp3) is 0. The number of benzene rings is 10. The van der Waals surface area contributed by atoms with Gasteiger partial charge in [-0.25, -0.2) is 0 Å². The van der Waals surface area contributed by atoms with Crippen LogP contribution in [0.15, 0.2) is 0 Å². The molecule has 0 N–H and O–H groups in total. The molecule has 0 fully saturated rings. The third-order valence-corrected chi connectivity index (χ3v) is 16.3. The molecule has 0 nitrogen and oxygen atoms in total. The average Bonchev–Trinajstić information content (AvgIpc) is 3.08. The van der Waals surface area contributed by atoms with Crippen LogP contribution in [0.1, 0.15) is 0 Å². The molecule has 0 spiro atoms. The second-order valence-electron chi connectivity index (χ2n) is 20.1. The SMILES string of the molecule is [B]c1c([B])c2c(c(-c3c4c([B])c([B])c([B])c([B])c4c(-c4c([B])c([B])c(-c5c([B])c([B])c6c([B])c([B])c([B])c([B])c6c5[B])c5c([B])c([B])c([B])c([B])c45)c4c([B])c([B])c([B])c([B])c34)c1[B])-c1c(c([B])c3c([B])c([B])c([B])c([B])c3c1[B])[B]2. The maximum absolute atomic E-state index is 7.46. The fourth-order valence-electron chi connectivity index (χ4n) is 12.0. The van der Waals surface area contributed by atoms with Crippen LogP contribution in [0.2, 0.25) is 0 Å². The van der Waals surface area contributed by atoms with Crippen LogP contribution in [0, 0.1) is 0 Å². The first-order valence-electron chi connectivity index (χ1n) is 24.0. The highest BCUT2D eigenvalue weighted by molar-refractivity contribution is 6.87. The van der Waals surface area contributed by atoms with Crippen LogP contribution in [0.3, 0.4) is 0 Å². The van der Waals surface area contributed by atoms with Crippen molar-refractivity contribution in [2.75, 3.05) is 0 Å². The molecule has 1 aliphatic rings. The van der Waals surface area contributed by atoms with Gasteiger partial charge in [-0.15, -0.1) is 65.6 Å². The van der Waals surface area contributed by atoms with Crippen LogP contribution >= 0.6 is 0 Å². The molecule has 0 unspecified atom stereocenters. The highest BCUT2D eigenvalue weighted by atomic mass is 14.3. The highest BCUT2D eigenvalue weighted by Crippen LogP contribution is 2.44. The molecule has 0 saturated heterocycles. The van der Waals surface area contributed by atoms with E-state index in [4.69, 9.17) is 235 Å². The van der Waals surface area contributed by atoms with Crippen molar-refractivity contribution in [3.05, 3.63) is 0 Å². The Balaban J connectivity index is 1.44. The monoisotopic (exact) mass is 941 g/mol. The molecule has 0 amide bonds. The summed E-state index contributed by atoms with van der Waals surface area (Å²) >= 11 is 0. The molecule has 10 aromatic rings. The largest absolute Gasteiger partial charge is 0.191 e. The Kier molecular flexibility index (Phi) is 14.1. The molecule has 0 bridgehead atoms. The van der Waals surface area contributed by atoms with E-state index < -0.39 is 0 Å². The predicted octanol–water partition coefficient (Wildman–Crippen LogP) is -24.1. The van der Waals surface area contributed by atoms with Gasteiger partial charge in [-0.3, -0.25) is 0 Å². The van der Waals surface area contributed by atoms with E-state index in [-0.39, 0.29) is 268 Å². The van der Waals surface area contributed by atoms with Gasteiger partial charge in [0.25, 0.3) is 0 Å². The van der Waals surface area contributed by atoms with E-state index in [0.29, 0.717) is 5.46 Å². The van der Waals surface area contributed by atoms with Gasteiger partial charge in [0.2, 0.25) is 0 Å². The lowest BCUT2D eigenvalue weighted by atomic mass is 9.54. The molecule has 1 aliphatic heterocycles. The van der Waals surface area contributed by atoms with Gasteiger partial charge in [0.1, 0.15) is 235 Å². The maximum Gasteiger partial charge on any atom is 0.191 e. The Hall–Kier alpha value is -4.49. The first kappa shape index (κ1) is 58.3. The van der Waals surface area contributed by atoms with E-state index in [1.807, 2.05) is 0 Å². The van der Waals surface area contributed by atoms with Crippen molar-refractivity contribution in [2.45, 2.75) is 0 Å². The maximum atomic E-state index is 7.46. The number of hydrogen-bond acceptors (Lipinski definition) is 0. The van der Waals surface area contributed by atoms with E-state index in [0.717, 1.165) is 0 Å². The number of fused-ring (bicyclic) bond motifs is 8. The summed E-state index contributed by atoms with van der Waals surface area (Å²) in [5.41, 5.74) is -3.57. The van der Waals surface area contributed by atoms with Gasteiger partial charge in [0.05, 0.1) is 0 Å². The molecule has 0 atom stereocenters. The Morgan fingerprint density at radius 2 is 0.309 bits per heavy atom. The molecule has 31 heteroatoms. The normalized spacial score (nSPS) is 12.0. The summed E-state index contributed by atoms with van der Waals surface area (Å²) in [6, 6.07) is 0. The standard InChI is InChI=1S/C50B31/c51-19-13(30(62)31(63)16-14(19)32(64)43(75)45(77)34(16)66)11-10-9(28(60)41(73)42(74)29(10)61)7(21(53)22(11)54)1-3-5(25(57)39(71)37(69)23(3)55)2(6-4(1)24(56)38(70)40(72)26(6)58)8-12-18-20(52)15-17(35(67)46(78)44(76)33(15)65)36(68)50(18)81-49(12)48(80)47(79)27(8)59. The molecule has 0 aromatic heterocycles. The summed E-state index contributed by atoms with van der Waals surface area (Å²) in [6.07, 6.45) is 0. The number of rotatable bonds is 3. The van der Waals surface area contributed by atoms with Gasteiger partial charge in [0, 0.05) is 0 Å². The summed E-state index contributed by atoms with van der Waals surface area (Å²) in [6.45, 7) is 0. The molecule has 10 aromatic carbocycles. The lowest BCUT2D eigenvalue weighted by Gasteiger charge is -2.34. The lowest BCUT2D eigenvalue weighted by molar-refractivity contribution is 1.81. The third-order valence-electron chi connectivity index (χ3n) is 16.3. The third kappa shape index (κ3) is 7.36. The van der Waals surface area contributed by atoms with Crippen molar-refractivity contribution in [1.82, 2.24) is 0 Å².